The second-order valence-corrected chi connectivity index (χ2v) is 5.35. The average Bonchev–Trinajstić information content (AvgIpc) is 2.78. The summed E-state index contributed by atoms with van der Waals surface area (Å²) in [5, 5.41) is 8.92. The van der Waals surface area contributed by atoms with Crippen molar-refractivity contribution in [1.82, 2.24) is 9.55 Å². The number of aryl methyl sites for hydroxylation is 1. The quantitative estimate of drug-likeness (QED) is 0.676. The van der Waals surface area contributed by atoms with E-state index in [0.717, 1.165) is 9.99 Å². The first kappa shape index (κ1) is 12.8. The van der Waals surface area contributed by atoms with E-state index < -0.39 is 0 Å². The van der Waals surface area contributed by atoms with Crippen LogP contribution in [0.2, 0.25) is 0 Å². The first-order chi connectivity index (χ1) is 9.60. The molecular formula is C15H9BrFN3. The number of nitriles is 1. The van der Waals surface area contributed by atoms with Crippen LogP contribution in [0.5, 0.6) is 0 Å². The standard InChI is InChI=1S/C15H9BrFN3/c1-20-14-5-2-9(8-18)6-13(14)19-15(20)11-7-10(16)3-4-12(11)17/h2-7H,1H3. The number of aromatic nitrogens is 2. The summed E-state index contributed by atoms with van der Waals surface area (Å²) in [6.07, 6.45) is 0. The lowest BCUT2D eigenvalue weighted by Gasteiger charge is -2.04. The lowest BCUT2D eigenvalue weighted by Crippen LogP contribution is -1.95. The van der Waals surface area contributed by atoms with E-state index >= 15 is 0 Å². The van der Waals surface area contributed by atoms with Crippen LogP contribution in [-0.4, -0.2) is 9.55 Å². The lowest BCUT2D eigenvalue weighted by atomic mass is 10.2. The Balaban J connectivity index is 2.29. The molecule has 0 aliphatic heterocycles. The van der Waals surface area contributed by atoms with Crippen LogP contribution in [0.3, 0.4) is 0 Å². The Morgan fingerprint density at radius 2 is 2.05 bits per heavy atom. The average molecular weight is 330 g/mol. The van der Waals surface area contributed by atoms with Gasteiger partial charge in [0.05, 0.1) is 28.2 Å². The zero-order valence-corrected chi connectivity index (χ0v) is 12.1. The molecule has 98 valence electrons. The van der Waals surface area contributed by atoms with Crippen molar-refractivity contribution in [2.45, 2.75) is 0 Å². The molecule has 20 heavy (non-hydrogen) atoms. The van der Waals surface area contributed by atoms with Gasteiger partial charge in [0.2, 0.25) is 0 Å². The van der Waals surface area contributed by atoms with Crippen molar-refractivity contribution in [3.63, 3.8) is 0 Å². The minimum atomic E-state index is -0.327. The first-order valence-corrected chi connectivity index (χ1v) is 6.71. The molecule has 0 saturated carbocycles. The fourth-order valence-corrected chi connectivity index (χ4v) is 2.54. The summed E-state index contributed by atoms with van der Waals surface area (Å²) in [6, 6.07) is 12.1. The number of hydrogen-bond acceptors (Lipinski definition) is 2. The van der Waals surface area contributed by atoms with Crippen molar-refractivity contribution in [2.75, 3.05) is 0 Å². The number of hydrogen-bond donors (Lipinski definition) is 0. The molecule has 3 aromatic rings. The van der Waals surface area contributed by atoms with Crippen LogP contribution in [0, 0.1) is 17.1 Å². The van der Waals surface area contributed by atoms with Gasteiger partial charge in [-0.15, -0.1) is 0 Å². The Kier molecular flexibility index (Phi) is 3.03. The number of halogens is 2. The van der Waals surface area contributed by atoms with Crippen LogP contribution in [-0.2, 0) is 7.05 Å². The lowest BCUT2D eigenvalue weighted by molar-refractivity contribution is 0.629. The summed E-state index contributed by atoms with van der Waals surface area (Å²) in [4.78, 5) is 4.44. The maximum Gasteiger partial charge on any atom is 0.143 e. The molecule has 0 amide bonds. The van der Waals surface area contributed by atoms with Crippen molar-refractivity contribution in [2.24, 2.45) is 7.05 Å². The van der Waals surface area contributed by atoms with E-state index in [2.05, 4.69) is 27.0 Å². The molecule has 0 atom stereocenters. The fourth-order valence-electron chi connectivity index (χ4n) is 2.18. The highest BCUT2D eigenvalue weighted by molar-refractivity contribution is 9.10. The summed E-state index contributed by atoms with van der Waals surface area (Å²) < 4.78 is 16.6. The van der Waals surface area contributed by atoms with Gasteiger partial charge in [0.25, 0.3) is 0 Å². The van der Waals surface area contributed by atoms with Gasteiger partial charge in [-0.1, -0.05) is 15.9 Å². The van der Waals surface area contributed by atoms with Gasteiger partial charge in [0, 0.05) is 11.5 Å². The van der Waals surface area contributed by atoms with Gasteiger partial charge >= 0.3 is 0 Å². The first-order valence-electron chi connectivity index (χ1n) is 5.92. The monoisotopic (exact) mass is 329 g/mol. The van der Waals surface area contributed by atoms with Gasteiger partial charge in [-0.2, -0.15) is 5.26 Å². The van der Waals surface area contributed by atoms with E-state index in [1.807, 2.05) is 17.7 Å². The molecule has 1 aromatic heterocycles. The summed E-state index contributed by atoms with van der Waals surface area (Å²) in [5.41, 5.74) is 2.51. The predicted octanol–water partition coefficient (Wildman–Crippen LogP) is 4.01. The minimum Gasteiger partial charge on any atom is -0.327 e. The normalized spacial score (nSPS) is 10.7. The second-order valence-electron chi connectivity index (χ2n) is 4.43. The second kappa shape index (κ2) is 4.73. The minimum absolute atomic E-state index is 0.327. The maximum atomic E-state index is 14.0. The van der Waals surface area contributed by atoms with E-state index in [0.29, 0.717) is 22.5 Å². The van der Waals surface area contributed by atoms with E-state index in [9.17, 15) is 4.39 Å². The topological polar surface area (TPSA) is 41.6 Å². The molecule has 2 aromatic carbocycles. The molecule has 0 saturated heterocycles. The zero-order chi connectivity index (χ0) is 14.3. The summed E-state index contributed by atoms with van der Waals surface area (Å²) in [6.45, 7) is 0. The largest absolute Gasteiger partial charge is 0.327 e. The Morgan fingerprint density at radius 3 is 2.80 bits per heavy atom. The third-order valence-electron chi connectivity index (χ3n) is 3.18. The Labute approximate surface area is 123 Å². The molecule has 0 bridgehead atoms. The molecule has 5 heteroatoms. The molecule has 0 radical (unpaired) electrons. The van der Waals surface area contributed by atoms with Crippen LogP contribution in [0.1, 0.15) is 5.56 Å². The van der Waals surface area contributed by atoms with Crippen molar-refractivity contribution in [3.05, 3.63) is 52.3 Å². The van der Waals surface area contributed by atoms with Gasteiger partial charge < -0.3 is 4.57 Å². The Morgan fingerprint density at radius 1 is 1.25 bits per heavy atom. The zero-order valence-electron chi connectivity index (χ0n) is 10.6. The van der Waals surface area contributed by atoms with Crippen LogP contribution < -0.4 is 0 Å². The number of benzene rings is 2. The van der Waals surface area contributed by atoms with Crippen molar-refractivity contribution in [3.8, 4) is 17.5 Å². The van der Waals surface area contributed by atoms with E-state index in [1.54, 1.807) is 24.3 Å². The van der Waals surface area contributed by atoms with Gasteiger partial charge in [0.1, 0.15) is 11.6 Å². The van der Waals surface area contributed by atoms with Crippen LogP contribution in [0.4, 0.5) is 4.39 Å². The number of imidazole rings is 1. The van der Waals surface area contributed by atoms with Crippen molar-refractivity contribution >= 4 is 27.0 Å². The summed E-state index contributed by atoms with van der Waals surface area (Å²) in [7, 11) is 1.83. The van der Waals surface area contributed by atoms with E-state index in [1.165, 1.54) is 6.07 Å². The molecule has 3 nitrogen and oxygen atoms in total. The van der Waals surface area contributed by atoms with Gasteiger partial charge in [-0.05, 0) is 36.4 Å². The maximum absolute atomic E-state index is 14.0. The third kappa shape index (κ3) is 1.98. The molecule has 0 N–H and O–H groups in total. The van der Waals surface area contributed by atoms with Crippen molar-refractivity contribution in [1.29, 1.82) is 5.26 Å². The molecule has 0 spiro atoms. The van der Waals surface area contributed by atoms with Gasteiger partial charge in [-0.25, -0.2) is 9.37 Å². The molecular weight excluding hydrogens is 321 g/mol. The summed E-state index contributed by atoms with van der Waals surface area (Å²) >= 11 is 3.34. The van der Waals surface area contributed by atoms with E-state index in [-0.39, 0.29) is 5.82 Å². The Hall–Kier alpha value is -2.19. The van der Waals surface area contributed by atoms with Crippen LogP contribution in [0.15, 0.2) is 40.9 Å². The number of fused-ring (bicyclic) bond motifs is 1. The van der Waals surface area contributed by atoms with E-state index in [4.69, 9.17) is 5.26 Å². The molecule has 1 heterocycles. The molecule has 0 aliphatic rings. The molecule has 3 rings (SSSR count). The third-order valence-corrected chi connectivity index (χ3v) is 3.67. The molecule has 0 fully saturated rings. The van der Waals surface area contributed by atoms with Crippen molar-refractivity contribution < 1.29 is 4.39 Å². The molecule has 0 aliphatic carbocycles. The number of rotatable bonds is 1. The molecule has 0 unspecified atom stereocenters. The van der Waals surface area contributed by atoms with Gasteiger partial charge in [0.15, 0.2) is 0 Å². The van der Waals surface area contributed by atoms with Crippen LogP contribution in [0.25, 0.3) is 22.4 Å². The smallest absolute Gasteiger partial charge is 0.143 e. The summed E-state index contributed by atoms with van der Waals surface area (Å²) in [5.74, 6) is 0.209. The fraction of sp³-hybridized carbons (Fsp3) is 0.0667. The Bertz CT molecular complexity index is 861. The highest BCUT2D eigenvalue weighted by Crippen LogP contribution is 2.28. The highest BCUT2D eigenvalue weighted by Gasteiger charge is 2.14. The van der Waals surface area contributed by atoms with Gasteiger partial charge in [-0.3, -0.25) is 0 Å². The predicted molar refractivity (Wildman–Crippen MR) is 78.5 cm³/mol. The SMILES string of the molecule is Cn1c(-c2cc(Br)ccc2F)nc2cc(C#N)ccc21. The number of nitrogens with zero attached hydrogens (tertiary/aromatic N) is 3. The van der Waals surface area contributed by atoms with Crippen LogP contribution >= 0.6 is 15.9 Å². The highest BCUT2D eigenvalue weighted by atomic mass is 79.9.